The van der Waals surface area contributed by atoms with E-state index in [9.17, 15) is 0 Å². The minimum Gasteiger partial charge on any atom is -0.0946 e. The lowest BCUT2D eigenvalue weighted by atomic mass is 9.97. The summed E-state index contributed by atoms with van der Waals surface area (Å²) in [6.07, 6.45) is 3.13. The quantitative estimate of drug-likeness (QED) is 0.643. The average molecular weight is 191 g/mol. The maximum atomic E-state index is 3.82. The van der Waals surface area contributed by atoms with E-state index >= 15 is 0 Å². The first-order valence-corrected chi connectivity index (χ1v) is 5.12. The molecule has 0 bridgehead atoms. The van der Waals surface area contributed by atoms with Crippen LogP contribution in [0.2, 0.25) is 0 Å². The van der Waals surface area contributed by atoms with E-state index < -0.39 is 0 Å². The zero-order chi connectivity index (χ0) is 10.3. The van der Waals surface area contributed by atoms with Gasteiger partial charge in [0.1, 0.15) is 0 Å². The molecule has 1 aliphatic carbocycles. The normalized spacial score (nSPS) is 13.3. The lowest BCUT2D eigenvalue weighted by Gasteiger charge is -2.05. The van der Waals surface area contributed by atoms with Crippen molar-refractivity contribution in [2.75, 3.05) is 0 Å². The smallest absolute Gasteiger partial charge is 0.0349 e. The van der Waals surface area contributed by atoms with Gasteiger partial charge in [-0.15, -0.1) is 0 Å². The minimum absolute atomic E-state index is 0.248. The number of hydrogen-bond acceptors (Lipinski definition) is 0. The molecule has 3 rings (SSSR count). The maximum Gasteiger partial charge on any atom is 0.0349 e. The molecule has 1 aliphatic rings. The fraction of sp³-hybridized carbons (Fsp3) is 0.0667. The van der Waals surface area contributed by atoms with Gasteiger partial charge in [-0.25, -0.2) is 0 Å². The van der Waals surface area contributed by atoms with Gasteiger partial charge in [0.2, 0.25) is 0 Å². The van der Waals surface area contributed by atoms with Crippen LogP contribution in [0, 0.1) is 6.08 Å². The molecule has 2 aromatic carbocycles. The molecule has 0 N–H and O–H groups in total. The van der Waals surface area contributed by atoms with Crippen LogP contribution < -0.4 is 0 Å². The van der Waals surface area contributed by atoms with Crippen molar-refractivity contribution >= 4 is 0 Å². The van der Waals surface area contributed by atoms with Crippen LogP contribution in [0.1, 0.15) is 17.0 Å². The summed E-state index contributed by atoms with van der Waals surface area (Å²) in [6, 6.07) is 17.0. The lowest BCUT2D eigenvalue weighted by Crippen LogP contribution is -1.90. The molecule has 0 unspecified atom stereocenters. The van der Waals surface area contributed by atoms with Crippen LogP contribution >= 0.6 is 0 Å². The van der Waals surface area contributed by atoms with Crippen LogP contribution in [0.3, 0.4) is 0 Å². The second kappa shape index (κ2) is 3.09. The predicted octanol–water partition coefficient (Wildman–Crippen LogP) is 3.79. The van der Waals surface area contributed by atoms with E-state index in [2.05, 4.69) is 61.2 Å². The van der Waals surface area contributed by atoms with Crippen molar-refractivity contribution < 1.29 is 0 Å². The molecule has 0 saturated heterocycles. The van der Waals surface area contributed by atoms with Crippen LogP contribution in [0.4, 0.5) is 0 Å². The summed E-state index contributed by atoms with van der Waals surface area (Å²) < 4.78 is 0. The minimum atomic E-state index is 0.248. The highest BCUT2D eigenvalue weighted by atomic mass is 14.3. The van der Waals surface area contributed by atoms with E-state index in [1.807, 2.05) is 0 Å². The monoisotopic (exact) mass is 191 g/mol. The number of rotatable bonds is 1. The van der Waals surface area contributed by atoms with E-state index in [-0.39, 0.29) is 5.92 Å². The van der Waals surface area contributed by atoms with Gasteiger partial charge in [0.05, 0.1) is 0 Å². The largest absolute Gasteiger partial charge is 0.0946 e. The summed E-state index contributed by atoms with van der Waals surface area (Å²) >= 11 is 0. The number of benzene rings is 2. The summed E-state index contributed by atoms with van der Waals surface area (Å²) in [5.74, 6) is 0.248. The fourth-order valence-electron chi connectivity index (χ4n) is 2.38. The van der Waals surface area contributed by atoms with E-state index in [1.165, 1.54) is 22.3 Å². The summed E-state index contributed by atoms with van der Waals surface area (Å²) in [5.41, 5.74) is 5.31. The Labute approximate surface area is 89.9 Å². The zero-order valence-corrected chi connectivity index (χ0v) is 8.40. The molecule has 0 heterocycles. The van der Waals surface area contributed by atoms with E-state index in [1.54, 1.807) is 0 Å². The summed E-state index contributed by atoms with van der Waals surface area (Å²) in [7, 11) is 0. The van der Waals surface area contributed by atoms with Gasteiger partial charge < -0.3 is 0 Å². The van der Waals surface area contributed by atoms with Gasteiger partial charge in [-0.2, -0.15) is 0 Å². The Kier molecular flexibility index (Phi) is 1.75. The standard InChI is InChI=1S/C15H11/c1-2-11-12-7-3-5-9-14(12)15-10-6-4-8-13(11)15/h3-11H,1H2. The van der Waals surface area contributed by atoms with Crippen molar-refractivity contribution in [3.63, 3.8) is 0 Å². The molecule has 0 aliphatic heterocycles. The molecule has 15 heavy (non-hydrogen) atoms. The van der Waals surface area contributed by atoms with Crippen LogP contribution in [0.15, 0.2) is 55.1 Å². The van der Waals surface area contributed by atoms with Crippen molar-refractivity contribution in [1.29, 1.82) is 0 Å². The first-order chi connectivity index (χ1) is 7.42. The van der Waals surface area contributed by atoms with Gasteiger partial charge >= 0.3 is 0 Å². The number of allylic oxidation sites excluding steroid dienone is 1. The van der Waals surface area contributed by atoms with Crippen molar-refractivity contribution in [3.8, 4) is 11.1 Å². The Morgan fingerprint density at radius 3 is 1.73 bits per heavy atom. The highest BCUT2D eigenvalue weighted by Gasteiger charge is 2.25. The molecule has 0 saturated carbocycles. The molecule has 71 valence electrons. The van der Waals surface area contributed by atoms with Gasteiger partial charge in [-0.1, -0.05) is 55.1 Å². The molecular weight excluding hydrogens is 180 g/mol. The Balaban J connectivity index is 2.35. The summed E-state index contributed by atoms with van der Waals surface area (Å²) in [5, 5.41) is 0. The van der Waals surface area contributed by atoms with Crippen molar-refractivity contribution in [2.45, 2.75) is 5.92 Å². The van der Waals surface area contributed by atoms with E-state index in [0.29, 0.717) is 0 Å². The Hall–Kier alpha value is -1.82. The Morgan fingerprint density at radius 2 is 1.27 bits per heavy atom. The first kappa shape index (κ1) is 8.49. The molecule has 0 aromatic heterocycles. The summed E-state index contributed by atoms with van der Waals surface area (Å²) in [6.45, 7) is 3.82. The van der Waals surface area contributed by atoms with Crippen LogP contribution in [-0.4, -0.2) is 0 Å². The van der Waals surface area contributed by atoms with Gasteiger partial charge in [-0.05, 0) is 28.3 Å². The zero-order valence-electron chi connectivity index (χ0n) is 8.40. The summed E-state index contributed by atoms with van der Waals surface area (Å²) in [4.78, 5) is 0. The molecule has 0 amide bonds. The molecule has 0 heteroatoms. The molecule has 0 spiro atoms. The third-order valence-electron chi connectivity index (χ3n) is 3.04. The van der Waals surface area contributed by atoms with Crippen molar-refractivity contribution in [3.05, 3.63) is 72.3 Å². The molecule has 0 fully saturated rings. The van der Waals surface area contributed by atoms with Gasteiger partial charge in [0.25, 0.3) is 0 Å². The molecule has 2 aromatic rings. The van der Waals surface area contributed by atoms with Gasteiger partial charge in [-0.3, -0.25) is 0 Å². The molecule has 1 radical (unpaired) electrons. The highest BCUT2D eigenvalue weighted by Crippen LogP contribution is 2.44. The molecule has 0 nitrogen and oxygen atoms in total. The lowest BCUT2D eigenvalue weighted by molar-refractivity contribution is 1.04. The van der Waals surface area contributed by atoms with Crippen LogP contribution in [-0.2, 0) is 0 Å². The first-order valence-electron chi connectivity index (χ1n) is 5.12. The Morgan fingerprint density at radius 1 is 0.800 bits per heavy atom. The topological polar surface area (TPSA) is 0 Å². The predicted molar refractivity (Wildman–Crippen MR) is 62.6 cm³/mol. The van der Waals surface area contributed by atoms with Crippen molar-refractivity contribution in [1.82, 2.24) is 0 Å². The fourth-order valence-corrected chi connectivity index (χ4v) is 2.38. The van der Waals surface area contributed by atoms with E-state index in [4.69, 9.17) is 0 Å². The third-order valence-corrected chi connectivity index (χ3v) is 3.04. The number of hydrogen-bond donors (Lipinski definition) is 0. The maximum absolute atomic E-state index is 3.82. The number of fused-ring (bicyclic) bond motifs is 3. The van der Waals surface area contributed by atoms with Crippen LogP contribution in [0.5, 0.6) is 0 Å². The van der Waals surface area contributed by atoms with Crippen LogP contribution in [0.25, 0.3) is 11.1 Å². The molecule has 0 atom stereocenters. The highest BCUT2D eigenvalue weighted by molar-refractivity contribution is 5.79. The SMILES string of the molecule is C=[C]C1c2ccccc2-c2ccccc21. The van der Waals surface area contributed by atoms with Gasteiger partial charge in [0.15, 0.2) is 0 Å². The molecular formula is C15H11. The second-order valence-corrected chi connectivity index (χ2v) is 3.81. The average Bonchev–Trinajstić information content (AvgIpc) is 2.63. The van der Waals surface area contributed by atoms with Crippen molar-refractivity contribution in [2.24, 2.45) is 0 Å². The van der Waals surface area contributed by atoms with Gasteiger partial charge in [0, 0.05) is 5.92 Å². The Bertz CT molecular complexity index is 478. The van der Waals surface area contributed by atoms with E-state index in [0.717, 1.165) is 0 Å². The second-order valence-electron chi connectivity index (χ2n) is 3.81. The third kappa shape index (κ3) is 1.08.